The van der Waals surface area contributed by atoms with Crippen molar-refractivity contribution in [2.24, 2.45) is 5.92 Å². The van der Waals surface area contributed by atoms with Crippen LogP contribution in [0.2, 0.25) is 0 Å². The summed E-state index contributed by atoms with van der Waals surface area (Å²) in [7, 11) is 0. The van der Waals surface area contributed by atoms with E-state index in [0.717, 1.165) is 18.5 Å². The van der Waals surface area contributed by atoms with E-state index in [2.05, 4.69) is 5.32 Å². The number of rotatable bonds is 2. The lowest BCUT2D eigenvalue weighted by molar-refractivity contribution is -0.118. The van der Waals surface area contributed by atoms with Gasteiger partial charge in [-0.1, -0.05) is 6.08 Å². The summed E-state index contributed by atoms with van der Waals surface area (Å²) in [5.74, 6) is 0.284. The van der Waals surface area contributed by atoms with E-state index in [4.69, 9.17) is 5.11 Å². The van der Waals surface area contributed by atoms with Gasteiger partial charge in [0.05, 0.1) is 0 Å². The molecule has 2 N–H and O–H groups in total. The van der Waals surface area contributed by atoms with Gasteiger partial charge >= 0.3 is 0 Å². The Hall–Kier alpha value is -0.830. The minimum absolute atomic E-state index is 0.0326. The lowest BCUT2D eigenvalue weighted by Gasteiger charge is -2.05. The van der Waals surface area contributed by atoms with Crippen LogP contribution in [0.4, 0.5) is 0 Å². The van der Waals surface area contributed by atoms with Gasteiger partial charge in [0, 0.05) is 19.2 Å². The molecule has 3 heteroatoms. The van der Waals surface area contributed by atoms with E-state index in [9.17, 15) is 4.79 Å². The first-order valence-corrected chi connectivity index (χ1v) is 3.80. The maximum Gasteiger partial charge on any atom is 0.220 e. The fourth-order valence-electron chi connectivity index (χ4n) is 1.25. The van der Waals surface area contributed by atoms with E-state index in [1.165, 1.54) is 6.92 Å². The maximum atomic E-state index is 10.6. The lowest BCUT2D eigenvalue weighted by atomic mass is 10.1. The van der Waals surface area contributed by atoms with E-state index in [-0.39, 0.29) is 12.5 Å². The van der Waals surface area contributed by atoms with Crippen LogP contribution in [0, 0.1) is 5.92 Å². The van der Waals surface area contributed by atoms with E-state index < -0.39 is 0 Å². The third-order valence-electron chi connectivity index (χ3n) is 1.80. The van der Waals surface area contributed by atoms with Crippen LogP contribution in [-0.4, -0.2) is 17.6 Å². The molecule has 0 spiro atoms. The third kappa shape index (κ3) is 2.35. The standard InChI is InChI=1S/C8H13NO2/c1-6(11)9-8-3-2-7(4-8)5-10/h3,7,10H,2,4-5H2,1H3,(H,9,11). The highest BCUT2D eigenvalue weighted by atomic mass is 16.3. The SMILES string of the molecule is CC(=O)NC1=CCC(CO)C1. The summed E-state index contributed by atoms with van der Waals surface area (Å²) in [4.78, 5) is 10.6. The first-order chi connectivity index (χ1) is 5.22. The second kappa shape index (κ2) is 3.53. The van der Waals surface area contributed by atoms with Gasteiger partial charge in [0.2, 0.25) is 5.91 Å². The third-order valence-corrected chi connectivity index (χ3v) is 1.80. The monoisotopic (exact) mass is 155 g/mol. The molecule has 0 aromatic rings. The van der Waals surface area contributed by atoms with Crippen LogP contribution < -0.4 is 5.32 Å². The highest BCUT2D eigenvalue weighted by Gasteiger charge is 2.16. The zero-order valence-electron chi connectivity index (χ0n) is 6.63. The Kier molecular flexibility index (Phi) is 2.65. The molecule has 0 radical (unpaired) electrons. The summed E-state index contributed by atoms with van der Waals surface area (Å²) in [5.41, 5.74) is 0.955. The molecular formula is C8H13NO2. The average molecular weight is 155 g/mol. The molecule has 1 unspecified atom stereocenters. The fraction of sp³-hybridized carbons (Fsp3) is 0.625. The fourth-order valence-corrected chi connectivity index (χ4v) is 1.25. The van der Waals surface area contributed by atoms with Gasteiger partial charge in [0.25, 0.3) is 0 Å². The number of hydrogen-bond donors (Lipinski definition) is 2. The molecule has 62 valence electrons. The minimum atomic E-state index is -0.0326. The molecule has 1 amide bonds. The number of aliphatic hydroxyl groups excluding tert-OH is 1. The molecule has 0 heterocycles. The molecule has 0 saturated carbocycles. The van der Waals surface area contributed by atoms with Gasteiger partial charge in [-0.2, -0.15) is 0 Å². The second-order valence-electron chi connectivity index (χ2n) is 2.90. The van der Waals surface area contributed by atoms with Crippen LogP contribution in [0.25, 0.3) is 0 Å². The van der Waals surface area contributed by atoms with Crippen molar-refractivity contribution in [2.45, 2.75) is 19.8 Å². The van der Waals surface area contributed by atoms with Crippen molar-refractivity contribution in [1.82, 2.24) is 5.32 Å². The van der Waals surface area contributed by atoms with Gasteiger partial charge in [-0.15, -0.1) is 0 Å². The van der Waals surface area contributed by atoms with Crippen molar-refractivity contribution < 1.29 is 9.90 Å². The highest BCUT2D eigenvalue weighted by molar-refractivity contribution is 5.74. The summed E-state index contributed by atoms with van der Waals surface area (Å²) in [5, 5.41) is 11.5. The first-order valence-electron chi connectivity index (χ1n) is 3.80. The van der Waals surface area contributed by atoms with E-state index in [1.54, 1.807) is 0 Å². The van der Waals surface area contributed by atoms with Crippen molar-refractivity contribution in [3.8, 4) is 0 Å². The normalized spacial score (nSPS) is 23.1. The molecule has 1 aliphatic carbocycles. The molecule has 0 aromatic carbocycles. The van der Waals surface area contributed by atoms with Gasteiger partial charge in [0.15, 0.2) is 0 Å². The molecule has 1 rings (SSSR count). The summed E-state index contributed by atoms with van der Waals surface area (Å²) in [6, 6.07) is 0. The molecule has 11 heavy (non-hydrogen) atoms. The van der Waals surface area contributed by atoms with Crippen LogP contribution in [0.3, 0.4) is 0 Å². The summed E-state index contributed by atoms with van der Waals surface area (Å²) < 4.78 is 0. The number of aliphatic hydroxyl groups is 1. The van der Waals surface area contributed by atoms with Crippen molar-refractivity contribution in [1.29, 1.82) is 0 Å². The largest absolute Gasteiger partial charge is 0.396 e. The van der Waals surface area contributed by atoms with Crippen LogP contribution in [0.5, 0.6) is 0 Å². The number of carbonyl (C=O) groups excluding carboxylic acids is 1. The van der Waals surface area contributed by atoms with E-state index >= 15 is 0 Å². The minimum Gasteiger partial charge on any atom is -0.396 e. The van der Waals surface area contributed by atoms with Crippen molar-refractivity contribution in [3.05, 3.63) is 11.8 Å². The van der Waals surface area contributed by atoms with Gasteiger partial charge < -0.3 is 10.4 Å². The Balaban J connectivity index is 2.34. The molecule has 1 aliphatic rings. The second-order valence-corrected chi connectivity index (χ2v) is 2.90. The van der Waals surface area contributed by atoms with Crippen LogP contribution >= 0.6 is 0 Å². The smallest absolute Gasteiger partial charge is 0.220 e. The van der Waals surface area contributed by atoms with Gasteiger partial charge in [-0.3, -0.25) is 4.79 Å². The lowest BCUT2D eigenvalue weighted by Crippen LogP contribution is -2.18. The number of nitrogens with one attached hydrogen (secondary N) is 1. The Labute approximate surface area is 66.1 Å². The van der Waals surface area contributed by atoms with E-state index in [0.29, 0.717) is 5.92 Å². The molecule has 3 nitrogen and oxygen atoms in total. The Morgan fingerprint density at radius 2 is 2.64 bits per heavy atom. The average Bonchev–Trinajstić information content (AvgIpc) is 2.34. The zero-order chi connectivity index (χ0) is 8.27. The summed E-state index contributed by atoms with van der Waals surface area (Å²) in [6.45, 7) is 1.70. The Morgan fingerprint density at radius 1 is 1.91 bits per heavy atom. The van der Waals surface area contributed by atoms with Gasteiger partial charge in [0.1, 0.15) is 0 Å². The first kappa shape index (κ1) is 8.27. The maximum absolute atomic E-state index is 10.6. The molecule has 0 aliphatic heterocycles. The van der Waals surface area contributed by atoms with Crippen LogP contribution in [-0.2, 0) is 4.79 Å². The summed E-state index contributed by atoms with van der Waals surface area (Å²) >= 11 is 0. The quantitative estimate of drug-likeness (QED) is 0.606. The van der Waals surface area contributed by atoms with E-state index in [1.807, 2.05) is 6.08 Å². The van der Waals surface area contributed by atoms with Gasteiger partial charge in [-0.25, -0.2) is 0 Å². The molecule has 1 atom stereocenters. The Bertz CT molecular complexity index is 187. The summed E-state index contributed by atoms with van der Waals surface area (Å²) in [6.07, 6.45) is 3.66. The van der Waals surface area contributed by atoms with Crippen LogP contribution in [0.15, 0.2) is 11.8 Å². The molecular weight excluding hydrogens is 142 g/mol. The zero-order valence-corrected chi connectivity index (χ0v) is 6.63. The topological polar surface area (TPSA) is 49.3 Å². The Morgan fingerprint density at radius 3 is 3.09 bits per heavy atom. The molecule has 0 bridgehead atoms. The van der Waals surface area contributed by atoms with Crippen LogP contribution in [0.1, 0.15) is 19.8 Å². The number of carbonyl (C=O) groups is 1. The number of hydrogen-bond acceptors (Lipinski definition) is 2. The van der Waals surface area contributed by atoms with Crippen molar-refractivity contribution >= 4 is 5.91 Å². The molecule has 0 fully saturated rings. The predicted octanol–water partition coefficient (Wildman–Crippen LogP) is 0.409. The highest BCUT2D eigenvalue weighted by Crippen LogP contribution is 2.21. The number of amides is 1. The molecule has 0 saturated heterocycles. The van der Waals surface area contributed by atoms with Crippen molar-refractivity contribution in [2.75, 3.05) is 6.61 Å². The van der Waals surface area contributed by atoms with Gasteiger partial charge in [-0.05, 0) is 18.8 Å². The predicted molar refractivity (Wildman–Crippen MR) is 41.7 cm³/mol. The van der Waals surface area contributed by atoms with Crippen molar-refractivity contribution in [3.63, 3.8) is 0 Å². The number of allylic oxidation sites excluding steroid dienone is 2. The molecule has 0 aromatic heterocycles.